The van der Waals surface area contributed by atoms with Gasteiger partial charge in [0.05, 0.1) is 6.61 Å². The van der Waals surface area contributed by atoms with Gasteiger partial charge in [0.15, 0.2) is 17.3 Å². The molecule has 0 amide bonds. The van der Waals surface area contributed by atoms with Crippen LogP contribution >= 0.6 is 0 Å². The first-order valence-electron chi connectivity index (χ1n) is 8.30. The lowest BCUT2D eigenvalue weighted by Crippen LogP contribution is -2.15. The fraction of sp³-hybridized carbons (Fsp3) is 0.286. The number of carbonyl (C=O) groups is 1. The Bertz CT molecular complexity index is 831. The Balaban J connectivity index is 1.97. The van der Waals surface area contributed by atoms with Gasteiger partial charge >= 0.3 is 0 Å². The quantitative estimate of drug-likeness (QED) is 0.839. The van der Waals surface area contributed by atoms with Crippen LogP contribution in [-0.2, 0) is 6.42 Å². The van der Waals surface area contributed by atoms with E-state index >= 15 is 0 Å². The molecule has 0 bridgehead atoms. The van der Waals surface area contributed by atoms with Crippen LogP contribution in [0.15, 0.2) is 35.9 Å². The van der Waals surface area contributed by atoms with Gasteiger partial charge in [0.2, 0.25) is 0 Å². The number of aromatic hydroxyl groups is 1. The van der Waals surface area contributed by atoms with Crippen LogP contribution in [0.2, 0.25) is 0 Å². The smallest absolute Gasteiger partial charge is 0.189 e. The molecule has 0 aromatic heterocycles. The molecule has 3 heteroatoms. The molecule has 2 aromatic carbocycles. The van der Waals surface area contributed by atoms with E-state index in [1.165, 1.54) is 11.1 Å². The monoisotopic (exact) mass is 322 g/mol. The molecule has 0 aliphatic heterocycles. The Labute approximate surface area is 142 Å². The maximum absolute atomic E-state index is 12.9. The second kappa shape index (κ2) is 6.52. The van der Waals surface area contributed by atoms with E-state index in [2.05, 4.69) is 13.0 Å². The maximum atomic E-state index is 12.9. The number of phenolic OH excluding ortho intramolecular Hbond substituents is 1. The van der Waals surface area contributed by atoms with Crippen molar-refractivity contribution in [1.82, 2.24) is 0 Å². The van der Waals surface area contributed by atoms with Gasteiger partial charge in [0.25, 0.3) is 0 Å². The van der Waals surface area contributed by atoms with Crippen LogP contribution in [0.5, 0.6) is 11.5 Å². The molecule has 0 unspecified atom stereocenters. The summed E-state index contributed by atoms with van der Waals surface area (Å²) in [5.41, 5.74) is 5.98. The highest BCUT2D eigenvalue weighted by atomic mass is 16.5. The van der Waals surface area contributed by atoms with E-state index in [9.17, 15) is 9.90 Å². The Morgan fingerprint density at radius 3 is 2.71 bits per heavy atom. The first kappa shape index (κ1) is 16.3. The fourth-order valence-electron chi connectivity index (χ4n) is 3.31. The summed E-state index contributed by atoms with van der Waals surface area (Å²) in [7, 11) is 0. The first-order valence-corrected chi connectivity index (χ1v) is 8.30. The zero-order valence-corrected chi connectivity index (χ0v) is 14.3. The van der Waals surface area contributed by atoms with Gasteiger partial charge in [-0.15, -0.1) is 0 Å². The molecule has 0 saturated carbocycles. The second-order valence-corrected chi connectivity index (χ2v) is 6.27. The molecular weight excluding hydrogens is 300 g/mol. The number of hydrogen-bond acceptors (Lipinski definition) is 3. The lowest BCUT2D eigenvalue weighted by Gasteiger charge is -2.20. The molecule has 0 spiro atoms. The maximum Gasteiger partial charge on any atom is 0.189 e. The topological polar surface area (TPSA) is 46.5 Å². The lowest BCUT2D eigenvalue weighted by molar-refractivity contribution is 0.102. The summed E-state index contributed by atoms with van der Waals surface area (Å²) in [6.07, 6.45) is 3.53. The molecule has 124 valence electrons. The minimum absolute atomic E-state index is 0.106. The molecular formula is C21H22O3. The number of hydrogen-bond donors (Lipinski definition) is 1. The van der Waals surface area contributed by atoms with E-state index in [1.807, 2.05) is 26.0 Å². The van der Waals surface area contributed by atoms with Crippen LogP contribution in [0, 0.1) is 13.8 Å². The van der Waals surface area contributed by atoms with Gasteiger partial charge in [-0.25, -0.2) is 0 Å². The zero-order chi connectivity index (χ0) is 17.3. The van der Waals surface area contributed by atoms with E-state index < -0.39 is 0 Å². The number of ether oxygens (including phenoxy) is 1. The highest BCUT2D eigenvalue weighted by Crippen LogP contribution is 2.32. The summed E-state index contributed by atoms with van der Waals surface area (Å²) in [5, 5.41) is 9.80. The van der Waals surface area contributed by atoms with Crippen molar-refractivity contribution >= 4 is 11.9 Å². The van der Waals surface area contributed by atoms with E-state index in [0.29, 0.717) is 12.4 Å². The lowest BCUT2D eigenvalue weighted by atomic mass is 9.83. The number of fused-ring (bicyclic) bond motifs is 1. The highest BCUT2D eigenvalue weighted by Gasteiger charge is 2.23. The third kappa shape index (κ3) is 3.07. The molecule has 3 nitrogen and oxygen atoms in total. The summed E-state index contributed by atoms with van der Waals surface area (Å²) in [6.45, 7) is 6.45. The Morgan fingerprint density at radius 1 is 1.17 bits per heavy atom. The van der Waals surface area contributed by atoms with Crippen molar-refractivity contribution in [3.63, 3.8) is 0 Å². The molecule has 0 fully saturated rings. The van der Waals surface area contributed by atoms with E-state index in [0.717, 1.165) is 35.1 Å². The van der Waals surface area contributed by atoms with Crippen molar-refractivity contribution in [3.05, 3.63) is 63.7 Å². The Morgan fingerprint density at radius 2 is 1.96 bits per heavy atom. The van der Waals surface area contributed by atoms with E-state index in [4.69, 9.17) is 4.74 Å². The van der Waals surface area contributed by atoms with Gasteiger partial charge in [-0.3, -0.25) is 4.79 Å². The number of rotatable bonds is 3. The van der Waals surface area contributed by atoms with Crippen LogP contribution in [0.3, 0.4) is 0 Å². The van der Waals surface area contributed by atoms with Crippen molar-refractivity contribution < 1.29 is 14.6 Å². The number of phenols is 1. The van der Waals surface area contributed by atoms with Gasteiger partial charge in [-0.2, -0.15) is 0 Å². The fourth-order valence-corrected chi connectivity index (χ4v) is 3.31. The molecule has 0 atom stereocenters. The van der Waals surface area contributed by atoms with Crippen LogP contribution in [-0.4, -0.2) is 17.5 Å². The number of allylic oxidation sites excluding steroid dienone is 1. The van der Waals surface area contributed by atoms with Crippen LogP contribution in [0.4, 0.5) is 0 Å². The average Bonchev–Trinajstić information content (AvgIpc) is 2.54. The summed E-state index contributed by atoms with van der Waals surface area (Å²) < 4.78 is 5.42. The van der Waals surface area contributed by atoms with Crippen molar-refractivity contribution in [3.8, 4) is 11.5 Å². The van der Waals surface area contributed by atoms with Crippen molar-refractivity contribution in [2.75, 3.05) is 6.61 Å². The van der Waals surface area contributed by atoms with Gasteiger partial charge in [-0.05, 0) is 74.6 Å². The van der Waals surface area contributed by atoms with Crippen molar-refractivity contribution in [2.24, 2.45) is 0 Å². The Hall–Kier alpha value is -2.55. The van der Waals surface area contributed by atoms with Gasteiger partial charge in [0, 0.05) is 11.1 Å². The van der Waals surface area contributed by atoms with Crippen molar-refractivity contribution in [1.29, 1.82) is 0 Å². The highest BCUT2D eigenvalue weighted by molar-refractivity contribution is 6.13. The average molecular weight is 322 g/mol. The van der Waals surface area contributed by atoms with Crippen molar-refractivity contribution in [2.45, 2.75) is 33.6 Å². The molecule has 0 saturated heterocycles. The van der Waals surface area contributed by atoms with Gasteiger partial charge < -0.3 is 9.84 Å². The standard InChI is InChI=1S/C21H22O3/c1-4-24-20-12-15(5-8-19(20)22)11-16-6-7-17-14(3)9-13(2)10-18(17)21(16)23/h5,8-12,22H,4,6-7H2,1-3H3/b16-11+. The van der Waals surface area contributed by atoms with Gasteiger partial charge in [0.1, 0.15) is 0 Å². The molecule has 3 rings (SSSR count). The zero-order valence-electron chi connectivity index (χ0n) is 14.3. The SMILES string of the molecule is CCOc1cc(/C=C2\CCc3c(C)cc(C)cc3C2=O)ccc1O. The number of ketones is 1. The normalized spacial score (nSPS) is 15.5. The van der Waals surface area contributed by atoms with Crippen LogP contribution < -0.4 is 4.74 Å². The molecule has 0 radical (unpaired) electrons. The summed E-state index contributed by atoms with van der Waals surface area (Å²) in [5.74, 6) is 0.668. The molecule has 0 heterocycles. The third-order valence-corrected chi connectivity index (χ3v) is 4.42. The van der Waals surface area contributed by atoms with Gasteiger partial charge in [-0.1, -0.05) is 17.7 Å². The predicted molar refractivity (Wildman–Crippen MR) is 95.8 cm³/mol. The molecule has 2 aromatic rings. The molecule has 1 N–H and O–H groups in total. The minimum atomic E-state index is 0.106. The number of Topliss-reactive ketones (excluding diaryl/α,β-unsaturated/α-hetero) is 1. The molecule has 1 aliphatic carbocycles. The van der Waals surface area contributed by atoms with Crippen LogP contribution in [0.1, 0.15) is 46.0 Å². The molecule has 1 aliphatic rings. The van der Waals surface area contributed by atoms with E-state index in [1.54, 1.807) is 18.2 Å². The summed E-state index contributed by atoms with van der Waals surface area (Å²) >= 11 is 0. The summed E-state index contributed by atoms with van der Waals surface area (Å²) in [4.78, 5) is 12.9. The minimum Gasteiger partial charge on any atom is -0.504 e. The van der Waals surface area contributed by atoms with E-state index in [-0.39, 0.29) is 11.5 Å². The summed E-state index contributed by atoms with van der Waals surface area (Å²) in [6, 6.07) is 9.30. The Kier molecular flexibility index (Phi) is 4.43. The largest absolute Gasteiger partial charge is 0.504 e. The number of aryl methyl sites for hydroxylation is 2. The molecule has 24 heavy (non-hydrogen) atoms. The second-order valence-electron chi connectivity index (χ2n) is 6.27. The number of benzene rings is 2. The third-order valence-electron chi connectivity index (χ3n) is 4.42. The number of carbonyl (C=O) groups excluding carboxylic acids is 1. The first-order chi connectivity index (χ1) is 11.5. The predicted octanol–water partition coefficient (Wildman–Crippen LogP) is 4.62. The van der Waals surface area contributed by atoms with Crippen LogP contribution in [0.25, 0.3) is 6.08 Å².